The van der Waals surface area contributed by atoms with Crippen LogP contribution >= 0.6 is 0 Å². The largest absolute Gasteiger partial charge is 0.466 e. The van der Waals surface area contributed by atoms with Gasteiger partial charge >= 0.3 is 11.9 Å². The fourth-order valence-electron chi connectivity index (χ4n) is 3.40. The van der Waals surface area contributed by atoms with E-state index in [1.54, 1.807) is 6.07 Å². The summed E-state index contributed by atoms with van der Waals surface area (Å²) >= 11 is 0. The molecule has 0 unspecified atom stereocenters. The minimum absolute atomic E-state index is 0.157. The quantitative estimate of drug-likeness (QED) is 0.144. The average molecular weight is 419 g/mol. The second-order valence-corrected chi connectivity index (χ2v) is 8.08. The molecule has 1 aromatic carbocycles. The Bertz CT molecular complexity index is 582. The van der Waals surface area contributed by atoms with Gasteiger partial charge in [0, 0.05) is 12.8 Å². The van der Waals surface area contributed by atoms with Crippen molar-refractivity contribution in [3.63, 3.8) is 0 Å². The number of rotatable bonds is 18. The van der Waals surface area contributed by atoms with E-state index in [1.807, 2.05) is 18.2 Å². The average Bonchev–Trinajstić information content (AvgIpc) is 2.75. The van der Waals surface area contributed by atoms with Crippen LogP contribution in [-0.2, 0) is 20.7 Å². The molecule has 1 aromatic rings. The molecule has 0 amide bonds. The molecule has 0 aliphatic rings. The fourth-order valence-corrected chi connectivity index (χ4v) is 3.40. The van der Waals surface area contributed by atoms with Gasteiger partial charge in [0.05, 0.1) is 6.61 Å². The topological polar surface area (TPSA) is 52.6 Å². The van der Waals surface area contributed by atoms with Crippen molar-refractivity contribution >= 4 is 11.9 Å². The van der Waals surface area contributed by atoms with Crippen molar-refractivity contribution in [3.05, 3.63) is 29.8 Å². The van der Waals surface area contributed by atoms with E-state index in [2.05, 4.69) is 13.8 Å². The Labute approximate surface area is 183 Å². The second-order valence-electron chi connectivity index (χ2n) is 8.08. The Morgan fingerprint density at radius 3 is 1.97 bits per heavy atom. The van der Waals surface area contributed by atoms with Crippen LogP contribution in [-0.4, -0.2) is 18.5 Å². The molecule has 0 saturated carbocycles. The molecule has 0 bridgehead atoms. The summed E-state index contributed by atoms with van der Waals surface area (Å²) < 4.78 is 10.6. The predicted molar refractivity (Wildman–Crippen MR) is 123 cm³/mol. The smallest absolute Gasteiger partial charge is 0.311 e. The minimum atomic E-state index is -0.248. The zero-order valence-electron chi connectivity index (χ0n) is 19.3. The SMILES string of the molecule is CCCCCCCCCCCCOC(=O)CCCCC(=O)Oc1cccc(CC)c1. The number of esters is 2. The molecule has 1 rings (SSSR count). The van der Waals surface area contributed by atoms with Crippen LogP contribution in [0.4, 0.5) is 0 Å². The predicted octanol–water partition coefficient (Wildman–Crippen LogP) is 7.18. The zero-order chi connectivity index (χ0) is 21.9. The van der Waals surface area contributed by atoms with Crippen molar-refractivity contribution in [2.75, 3.05) is 6.61 Å². The number of ether oxygens (including phenoxy) is 2. The zero-order valence-corrected chi connectivity index (χ0v) is 19.3. The summed E-state index contributed by atoms with van der Waals surface area (Å²) in [4.78, 5) is 23.7. The molecule has 0 spiro atoms. The van der Waals surface area contributed by atoms with Gasteiger partial charge in [-0.1, -0.05) is 83.8 Å². The van der Waals surface area contributed by atoms with Crippen LogP contribution in [0.5, 0.6) is 5.75 Å². The molecule has 170 valence electrons. The van der Waals surface area contributed by atoms with E-state index < -0.39 is 0 Å². The molecule has 0 aliphatic heterocycles. The lowest BCUT2D eigenvalue weighted by Crippen LogP contribution is -2.09. The summed E-state index contributed by atoms with van der Waals surface area (Å²) in [6, 6.07) is 7.59. The van der Waals surface area contributed by atoms with E-state index >= 15 is 0 Å². The highest BCUT2D eigenvalue weighted by Crippen LogP contribution is 2.15. The Morgan fingerprint density at radius 1 is 0.733 bits per heavy atom. The van der Waals surface area contributed by atoms with Gasteiger partial charge in [0.2, 0.25) is 0 Å². The first-order valence-electron chi connectivity index (χ1n) is 12.1. The van der Waals surface area contributed by atoms with Gasteiger partial charge in [0.25, 0.3) is 0 Å². The molecule has 0 aliphatic carbocycles. The third-order valence-corrected chi connectivity index (χ3v) is 5.31. The van der Waals surface area contributed by atoms with Crippen LogP contribution in [0.15, 0.2) is 24.3 Å². The van der Waals surface area contributed by atoms with Gasteiger partial charge in [-0.2, -0.15) is 0 Å². The van der Waals surface area contributed by atoms with Crippen molar-refractivity contribution in [3.8, 4) is 5.75 Å². The van der Waals surface area contributed by atoms with Gasteiger partial charge in [0.1, 0.15) is 5.75 Å². The van der Waals surface area contributed by atoms with Crippen molar-refractivity contribution in [1.29, 1.82) is 0 Å². The van der Waals surface area contributed by atoms with Crippen LogP contribution in [0.25, 0.3) is 0 Å². The van der Waals surface area contributed by atoms with E-state index in [9.17, 15) is 9.59 Å². The highest BCUT2D eigenvalue weighted by molar-refractivity contribution is 5.72. The summed E-state index contributed by atoms with van der Waals surface area (Å²) in [5.74, 6) is 0.187. The molecule has 4 nitrogen and oxygen atoms in total. The normalized spacial score (nSPS) is 10.7. The first-order chi connectivity index (χ1) is 14.7. The van der Waals surface area contributed by atoms with Gasteiger partial charge in [-0.05, 0) is 43.4 Å². The lowest BCUT2D eigenvalue weighted by molar-refractivity contribution is -0.144. The minimum Gasteiger partial charge on any atom is -0.466 e. The molecule has 0 saturated heterocycles. The maximum atomic E-state index is 11.9. The standard InChI is InChI=1S/C26H42O4/c1-3-5-6-7-8-9-10-11-12-15-21-29-25(27)19-13-14-20-26(28)30-24-18-16-17-23(4-2)22-24/h16-18,22H,3-15,19-21H2,1-2H3. The first-order valence-corrected chi connectivity index (χ1v) is 12.1. The van der Waals surface area contributed by atoms with Crippen LogP contribution in [0.3, 0.4) is 0 Å². The number of hydrogen-bond acceptors (Lipinski definition) is 4. The van der Waals surface area contributed by atoms with Crippen molar-refractivity contribution in [2.24, 2.45) is 0 Å². The van der Waals surface area contributed by atoms with Gasteiger partial charge in [-0.25, -0.2) is 0 Å². The van der Waals surface area contributed by atoms with Crippen LogP contribution in [0.2, 0.25) is 0 Å². The summed E-state index contributed by atoms with van der Waals surface area (Å²) in [6.45, 7) is 4.83. The monoisotopic (exact) mass is 418 g/mol. The Morgan fingerprint density at radius 2 is 1.33 bits per heavy atom. The van der Waals surface area contributed by atoms with Gasteiger partial charge in [0.15, 0.2) is 0 Å². The number of carbonyl (C=O) groups is 2. The second kappa shape index (κ2) is 18.0. The molecule has 0 heterocycles. The van der Waals surface area contributed by atoms with Gasteiger partial charge < -0.3 is 9.47 Å². The van der Waals surface area contributed by atoms with E-state index in [-0.39, 0.29) is 11.9 Å². The Hall–Kier alpha value is -1.84. The molecular weight excluding hydrogens is 376 g/mol. The number of carbonyl (C=O) groups excluding carboxylic acids is 2. The third kappa shape index (κ3) is 14.2. The van der Waals surface area contributed by atoms with E-state index in [1.165, 1.54) is 51.4 Å². The maximum Gasteiger partial charge on any atom is 0.311 e. The molecule has 0 N–H and O–H groups in total. The number of aryl methyl sites for hydroxylation is 1. The highest BCUT2D eigenvalue weighted by Gasteiger charge is 2.07. The maximum absolute atomic E-state index is 11.9. The lowest BCUT2D eigenvalue weighted by atomic mass is 10.1. The number of unbranched alkanes of at least 4 members (excludes halogenated alkanes) is 10. The molecule has 0 radical (unpaired) electrons. The number of hydrogen-bond donors (Lipinski definition) is 0. The fraction of sp³-hybridized carbons (Fsp3) is 0.692. The van der Waals surface area contributed by atoms with Gasteiger partial charge in [-0.15, -0.1) is 0 Å². The van der Waals surface area contributed by atoms with Crippen LogP contribution in [0.1, 0.15) is 109 Å². The summed E-state index contributed by atoms with van der Waals surface area (Å²) in [5.41, 5.74) is 1.14. The molecule has 30 heavy (non-hydrogen) atoms. The lowest BCUT2D eigenvalue weighted by Gasteiger charge is -2.06. The van der Waals surface area contributed by atoms with Crippen molar-refractivity contribution < 1.29 is 19.1 Å². The molecule has 0 fully saturated rings. The van der Waals surface area contributed by atoms with Crippen LogP contribution in [0, 0.1) is 0 Å². The van der Waals surface area contributed by atoms with Gasteiger partial charge in [-0.3, -0.25) is 9.59 Å². The molecule has 0 atom stereocenters. The summed E-state index contributed by atoms with van der Waals surface area (Å²) in [5, 5.41) is 0. The molecular formula is C26H42O4. The van der Waals surface area contributed by atoms with E-state index in [0.29, 0.717) is 38.0 Å². The molecule has 4 heteroatoms. The third-order valence-electron chi connectivity index (χ3n) is 5.31. The highest BCUT2D eigenvalue weighted by atomic mass is 16.5. The summed E-state index contributed by atoms with van der Waals surface area (Å²) in [6.07, 6.45) is 15.6. The summed E-state index contributed by atoms with van der Waals surface area (Å²) in [7, 11) is 0. The molecule has 0 aromatic heterocycles. The number of benzene rings is 1. The van der Waals surface area contributed by atoms with E-state index in [0.717, 1.165) is 24.8 Å². The first kappa shape index (κ1) is 26.2. The van der Waals surface area contributed by atoms with Crippen molar-refractivity contribution in [1.82, 2.24) is 0 Å². The van der Waals surface area contributed by atoms with E-state index in [4.69, 9.17) is 9.47 Å². The Kier molecular flexibility index (Phi) is 15.7. The van der Waals surface area contributed by atoms with Crippen LogP contribution < -0.4 is 4.74 Å². The van der Waals surface area contributed by atoms with Crippen molar-refractivity contribution in [2.45, 2.75) is 110 Å². The Balaban J connectivity index is 1.93.